The molecule has 0 aliphatic heterocycles. The van der Waals surface area contributed by atoms with Crippen molar-refractivity contribution < 1.29 is 4.79 Å². The van der Waals surface area contributed by atoms with Crippen LogP contribution in [0.5, 0.6) is 0 Å². The Kier molecular flexibility index (Phi) is 6.15. The number of hydrogen-bond acceptors (Lipinski definition) is 1. The first-order valence-electron chi connectivity index (χ1n) is 6.52. The first-order chi connectivity index (χ1) is 10.1. The third-order valence-electron chi connectivity index (χ3n) is 2.83. The number of hydrogen-bond donors (Lipinski definition) is 0. The van der Waals surface area contributed by atoms with Crippen molar-refractivity contribution in [3.05, 3.63) is 80.8 Å². The molecule has 2 aromatic rings. The molecule has 0 saturated heterocycles. The standard InChI is InChI=1S/C18H14Br2O/c19-16-9-4-14(5-10-16)2-1-3-18(21)13-8-15-6-11-17(20)12-7-15/h1-2,4-13H,3H2. The zero-order chi connectivity index (χ0) is 15.1. The molecule has 106 valence electrons. The van der Waals surface area contributed by atoms with Crippen LogP contribution in [0.3, 0.4) is 0 Å². The van der Waals surface area contributed by atoms with Crippen LogP contribution in [0.15, 0.2) is 69.6 Å². The van der Waals surface area contributed by atoms with Gasteiger partial charge in [0.2, 0.25) is 0 Å². The van der Waals surface area contributed by atoms with Gasteiger partial charge in [0.05, 0.1) is 0 Å². The molecule has 2 aromatic carbocycles. The number of carbonyl (C=O) groups excluding carboxylic acids is 1. The highest BCUT2D eigenvalue weighted by atomic mass is 79.9. The van der Waals surface area contributed by atoms with Gasteiger partial charge in [-0.3, -0.25) is 4.79 Å². The summed E-state index contributed by atoms with van der Waals surface area (Å²) in [6.07, 6.45) is 7.70. The molecule has 0 heterocycles. The van der Waals surface area contributed by atoms with E-state index in [4.69, 9.17) is 0 Å². The molecule has 0 aliphatic carbocycles. The van der Waals surface area contributed by atoms with Gasteiger partial charge >= 0.3 is 0 Å². The Balaban J connectivity index is 1.87. The lowest BCUT2D eigenvalue weighted by Gasteiger charge is -1.94. The molecule has 21 heavy (non-hydrogen) atoms. The summed E-state index contributed by atoms with van der Waals surface area (Å²) in [6.45, 7) is 0. The highest BCUT2D eigenvalue weighted by Crippen LogP contribution is 2.13. The van der Waals surface area contributed by atoms with Crippen LogP contribution in [-0.4, -0.2) is 5.78 Å². The average Bonchev–Trinajstić information content (AvgIpc) is 2.49. The maximum Gasteiger partial charge on any atom is 0.159 e. The summed E-state index contributed by atoms with van der Waals surface area (Å²) in [4.78, 5) is 11.8. The molecule has 3 heteroatoms. The zero-order valence-corrected chi connectivity index (χ0v) is 14.5. The quantitative estimate of drug-likeness (QED) is 0.566. The van der Waals surface area contributed by atoms with E-state index in [-0.39, 0.29) is 5.78 Å². The molecule has 0 saturated carbocycles. The lowest BCUT2D eigenvalue weighted by molar-refractivity contribution is -0.113. The van der Waals surface area contributed by atoms with Gasteiger partial charge in [-0.05, 0) is 41.5 Å². The predicted molar refractivity (Wildman–Crippen MR) is 96.0 cm³/mol. The Morgan fingerprint density at radius 2 is 1.29 bits per heavy atom. The van der Waals surface area contributed by atoms with Gasteiger partial charge in [0.25, 0.3) is 0 Å². The average molecular weight is 406 g/mol. The van der Waals surface area contributed by atoms with E-state index in [9.17, 15) is 4.79 Å². The zero-order valence-electron chi connectivity index (χ0n) is 11.3. The molecule has 0 unspecified atom stereocenters. The Bertz CT molecular complexity index is 653. The molecule has 2 rings (SSSR count). The highest BCUT2D eigenvalue weighted by molar-refractivity contribution is 9.10. The van der Waals surface area contributed by atoms with Crippen molar-refractivity contribution in [3.63, 3.8) is 0 Å². The normalized spacial score (nSPS) is 11.3. The Morgan fingerprint density at radius 1 is 0.810 bits per heavy atom. The van der Waals surface area contributed by atoms with Crippen molar-refractivity contribution in [2.45, 2.75) is 6.42 Å². The molecule has 0 spiro atoms. The summed E-state index contributed by atoms with van der Waals surface area (Å²) >= 11 is 6.78. The van der Waals surface area contributed by atoms with Crippen LogP contribution in [0.4, 0.5) is 0 Å². The van der Waals surface area contributed by atoms with Gasteiger partial charge in [-0.25, -0.2) is 0 Å². The van der Waals surface area contributed by atoms with Crippen LogP contribution < -0.4 is 0 Å². The van der Waals surface area contributed by atoms with Crippen LogP contribution in [0, 0.1) is 0 Å². The fourth-order valence-corrected chi connectivity index (χ4v) is 2.24. The largest absolute Gasteiger partial charge is 0.295 e. The van der Waals surface area contributed by atoms with Crippen molar-refractivity contribution in [1.29, 1.82) is 0 Å². The number of carbonyl (C=O) groups is 1. The molecule has 1 nitrogen and oxygen atoms in total. The Labute approximate surface area is 141 Å². The van der Waals surface area contributed by atoms with Crippen LogP contribution in [0.1, 0.15) is 17.5 Å². The van der Waals surface area contributed by atoms with E-state index in [0.717, 1.165) is 20.1 Å². The van der Waals surface area contributed by atoms with Crippen molar-refractivity contribution in [1.82, 2.24) is 0 Å². The van der Waals surface area contributed by atoms with Gasteiger partial charge in [-0.2, -0.15) is 0 Å². The smallest absolute Gasteiger partial charge is 0.159 e. The lowest BCUT2D eigenvalue weighted by Crippen LogP contribution is -1.88. The molecular weight excluding hydrogens is 392 g/mol. The third-order valence-corrected chi connectivity index (χ3v) is 3.89. The summed E-state index contributed by atoms with van der Waals surface area (Å²) in [6, 6.07) is 15.8. The molecule has 0 N–H and O–H groups in total. The van der Waals surface area contributed by atoms with Crippen LogP contribution >= 0.6 is 31.9 Å². The first-order valence-corrected chi connectivity index (χ1v) is 8.11. The topological polar surface area (TPSA) is 17.1 Å². The molecule has 0 radical (unpaired) electrons. The van der Waals surface area contributed by atoms with E-state index in [1.54, 1.807) is 6.08 Å². The lowest BCUT2D eigenvalue weighted by atomic mass is 10.1. The predicted octanol–water partition coefficient (Wildman–Crippen LogP) is 5.90. The molecular formula is C18H14Br2O. The maximum absolute atomic E-state index is 11.8. The van der Waals surface area contributed by atoms with Gasteiger partial charge in [-0.1, -0.05) is 74.4 Å². The summed E-state index contributed by atoms with van der Waals surface area (Å²) in [5, 5.41) is 0. The van der Waals surface area contributed by atoms with E-state index in [1.165, 1.54) is 0 Å². The highest BCUT2D eigenvalue weighted by Gasteiger charge is 1.94. The van der Waals surface area contributed by atoms with Crippen molar-refractivity contribution >= 4 is 49.8 Å². The second-order valence-corrected chi connectivity index (χ2v) is 6.34. The van der Waals surface area contributed by atoms with E-state index in [1.807, 2.05) is 66.8 Å². The van der Waals surface area contributed by atoms with Crippen LogP contribution in [0.25, 0.3) is 12.2 Å². The Morgan fingerprint density at radius 3 is 1.81 bits per heavy atom. The van der Waals surface area contributed by atoms with Crippen LogP contribution in [-0.2, 0) is 4.79 Å². The molecule has 0 bridgehead atoms. The summed E-state index contributed by atoms with van der Waals surface area (Å²) < 4.78 is 2.08. The third kappa shape index (κ3) is 5.82. The van der Waals surface area contributed by atoms with Crippen molar-refractivity contribution in [3.8, 4) is 0 Å². The van der Waals surface area contributed by atoms with E-state index >= 15 is 0 Å². The van der Waals surface area contributed by atoms with E-state index in [0.29, 0.717) is 6.42 Å². The van der Waals surface area contributed by atoms with Crippen molar-refractivity contribution in [2.24, 2.45) is 0 Å². The van der Waals surface area contributed by atoms with Gasteiger partial charge < -0.3 is 0 Å². The number of rotatable bonds is 5. The van der Waals surface area contributed by atoms with E-state index in [2.05, 4.69) is 31.9 Å². The maximum atomic E-state index is 11.8. The van der Waals surface area contributed by atoms with Crippen molar-refractivity contribution in [2.75, 3.05) is 0 Å². The monoisotopic (exact) mass is 404 g/mol. The number of benzene rings is 2. The number of halogens is 2. The first kappa shape index (κ1) is 15.9. The van der Waals surface area contributed by atoms with Crippen LogP contribution in [0.2, 0.25) is 0 Å². The molecule has 0 amide bonds. The minimum Gasteiger partial charge on any atom is -0.295 e. The Hall–Kier alpha value is -1.45. The molecule has 0 fully saturated rings. The molecule has 0 aliphatic rings. The van der Waals surface area contributed by atoms with Gasteiger partial charge in [0.15, 0.2) is 5.78 Å². The summed E-state index contributed by atoms with van der Waals surface area (Å²) in [7, 11) is 0. The summed E-state index contributed by atoms with van der Waals surface area (Å²) in [5.41, 5.74) is 2.10. The molecule has 0 aromatic heterocycles. The fraction of sp³-hybridized carbons (Fsp3) is 0.0556. The second-order valence-electron chi connectivity index (χ2n) is 4.51. The minimum absolute atomic E-state index is 0.0891. The van der Waals surface area contributed by atoms with Gasteiger partial charge in [0.1, 0.15) is 0 Å². The summed E-state index contributed by atoms with van der Waals surface area (Å²) in [5.74, 6) is 0.0891. The second kappa shape index (κ2) is 8.11. The number of allylic oxidation sites excluding steroid dienone is 2. The number of ketones is 1. The fourth-order valence-electron chi connectivity index (χ4n) is 1.72. The SMILES string of the molecule is O=C(C=Cc1ccc(Br)cc1)CC=Cc1ccc(Br)cc1. The van der Waals surface area contributed by atoms with Gasteiger partial charge in [0, 0.05) is 15.4 Å². The molecule has 0 atom stereocenters. The van der Waals surface area contributed by atoms with E-state index < -0.39 is 0 Å². The van der Waals surface area contributed by atoms with Gasteiger partial charge in [-0.15, -0.1) is 0 Å². The minimum atomic E-state index is 0.0891.